The van der Waals surface area contributed by atoms with Gasteiger partial charge in [-0.05, 0) is 32.2 Å². The number of rotatable bonds is 2. The highest BCUT2D eigenvalue weighted by molar-refractivity contribution is 7.91. The third kappa shape index (κ3) is 2.52. The average molecular weight is 233 g/mol. The van der Waals surface area contributed by atoms with E-state index in [4.69, 9.17) is 0 Å². The molecule has 4 nitrogen and oxygen atoms in total. The van der Waals surface area contributed by atoms with Crippen molar-refractivity contribution < 1.29 is 13.5 Å². The van der Waals surface area contributed by atoms with Gasteiger partial charge in [0.15, 0.2) is 9.84 Å². The summed E-state index contributed by atoms with van der Waals surface area (Å²) in [5.41, 5.74) is 0. The van der Waals surface area contributed by atoms with Crippen LogP contribution >= 0.6 is 0 Å². The fourth-order valence-electron chi connectivity index (χ4n) is 2.60. The van der Waals surface area contributed by atoms with Gasteiger partial charge in [0.05, 0.1) is 17.6 Å². The van der Waals surface area contributed by atoms with E-state index < -0.39 is 9.84 Å². The fourth-order valence-corrected chi connectivity index (χ4v) is 4.37. The first kappa shape index (κ1) is 11.4. The van der Waals surface area contributed by atoms with Crippen LogP contribution in [-0.2, 0) is 9.84 Å². The molecule has 3 atom stereocenters. The van der Waals surface area contributed by atoms with Crippen molar-refractivity contribution >= 4 is 9.84 Å². The molecule has 0 radical (unpaired) electrons. The van der Waals surface area contributed by atoms with E-state index in [0.717, 1.165) is 25.9 Å². The minimum atomic E-state index is -2.77. The highest BCUT2D eigenvalue weighted by atomic mass is 32.2. The highest BCUT2D eigenvalue weighted by Crippen LogP contribution is 2.26. The van der Waals surface area contributed by atoms with Gasteiger partial charge in [-0.3, -0.25) is 4.90 Å². The summed E-state index contributed by atoms with van der Waals surface area (Å²) in [4.78, 5) is 2.24. The van der Waals surface area contributed by atoms with E-state index in [1.54, 1.807) is 0 Å². The number of nitrogens with zero attached hydrogens (tertiary/aromatic N) is 1. The summed E-state index contributed by atoms with van der Waals surface area (Å²) in [5, 5.41) is 9.47. The second-order valence-corrected chi connectivity index (χ2v) is 7.07. The van der Waals surface area contributed by atoms with E-state index in [1.807, 2.05) is 6.92 Å². The lowest BCUT2D eigenvalue weighted by atomic mass is 10.0. The molecule has 2 aliphatic rings. The second-order valence-electron chi connectivity index (χ2n) is 4.84. The lowest BCUT2D eigenvalue weighted by molar-refractivity contribution is 0.123. The molecule has 3 unspecified atom stereocenters. The zero-order chi connectivity index (χ0) is 11.1. The minimum Gasteiger partial charge on any atom is -0.393 e. The highest BCUT2D eigenvalue weighted by Gasteiger charge is 2.36. The Bertz CT molecular complexity index is 326. The van der Waals surface area contributed by atoms with E-state index in [2.05, 4.69) is 4.90 Å². The van der Waals surface area contributed by atoms with Crippen LogP contribution in [-0.4, -0.2) is 55.2 Å². The van der Waals surface area contributed by atoms with E-state index in [-0.39, 0.29) is 12.1 Å². The molecule has 0 amide bonds. The van der Waals surface area contributed by atoms with Crippen molar-refractivity contribution in [3.05, 3.63) is 0 Å². The van der Waals surface area contributed by atoms with Crippen molar-refractivity contribution in [1.82, 2.24) is 4.90 Å². The van der Waals surface area contributed by atoms with Crippen LogP contribution in [0.1, 0.15) is 19.8 Å². The Morgan fingerprint density at radius 3 is 2.60 bits per heavy atom. The molecule has 5 heteroatoms. The monoisotopic (exact) mass is 233 g/mol. The van der Waals surface area contributed by atoms with E-state index in [9.17, 15) is 13.5 Å². The number of sulfone groups is 1. The Balaban J connectivity index is 1.92. The van der Waals surface area contributed by atoms with Gasteiger partial charge in [-0.25, -0.2) is 8.42 Å². The van der Waals surface area contributed by atoms with Gasteiger partial charge in [-0.15, -0.1) is 0 Å². The van der Waals surface area contributed by atoms with Crippen LogP contribution in [0.25, 0.3) is 0 Å². The quantitative estimate of drug-likeness (QED) is 0.722. The van der Waals surface area contributed by atoms with Gasteiger partial charge in [0.2, 0.25) is 0 Å². The number of aliphatic hydroxyl groups excluding tert-OH is 1. The van der Waals surface area contributed by atoms with Gasteiger partial charge in [0.1, 0.15) is 0 Å². The largest absolute Gasteiger partial charge is 0.393 e. The van der Waals surface area contributed by atoms with Crippen LogP contribution in [0.3, 0.4) is 0 Å². The number of likely N-dealkylation sites (tertiary alicyclic amines) is 1. The molecule has 0 aromatic heterocycles. The maximum Gasteiger partial charge on any atom is 0.151 e. The maximum absolute atomic E-state index is 11.3. The molecule has 2 heterocycles. The van der Waals surface area contributed by atoms with Crippen molar-refractivity contribution in [3.63, 3.8) is 0 Å². The molecule has 88 valence electrons. The summed E-state index contributed by atoms with van der Waals surface area (Å²) in [7, 11) is -2.77. The minimum absolute atomic E-state index is 0.207. The van der Waals surface area contributed by atoms with Crippen molar-refractivity contribution in [2.75, 3.05) is 24.6 Å². The molecule has 0 aromatic rings. The Hall–Kier alpha value is -0.130. The van der Waals surface area contributed by atoms with Crippen LogP contribution in [0.5, 0.6) is 0 Å². The molecule has 15 heavy (non-hydrogen) atoms. The first-order valence-corrected chi connectivity index (χ1v) is 7.42. The van der Waals surface area contributed by atoms with Gasteiger partial charge in [-0.2, -0.15) is 0 Å². The summed E-state index contributed by atoms with van der Waals surface area (Å²) in [6.45, 7) is 3.62. The molecule has 2 fully saturated rings. The van der Waals surface area contributed by atoms with Gasteiger partial charge in [0.25, 0.3) is 0 Å². The molecule has 0 aromatic carbocycles. The molecule has 2 saturated heterocycles. The normalized spacial score (nSPS) is 38.3. The van der Waals surface area contributed by atoms with Crippen LogP contribution in [0, 0.1) is 5.92 Å². The van der Waals surface area contributed by atoms with Crippen LogP contribution in [0.15, 0.2) is 0 Å². The van der Waals surface area contributed by atoms with Gasteiger partial charge in [-0.1, -0.05) is 0 Å². The molecule has 2 aliphatic heterocycles. The summed E-state index contributed by atoms with van der Waals surface area (Å²) >= 11 is 0. The number of hydrogen-bond acceptors (Lipinski definition) is 4. The smallest absolute Gasteiger partial charge is 0.151 e. The van der Waals surface area contributed by atoms with Crippen LogP contribution in [0.2, 0.25) is 0 Å². The van der Waals surface area contributed by atoms with Crippen LogP contribution < -0.4 is 0 Å². The second kappa shape index (κ2) is 4.03. The Morgan fingerprint density at radius 1 is 1.40 bits per heavy atom. The number of aliphatic hydroxyl groups is 1. The third-order valence-corrected chi connectivity index (χ3v) is 5.41. The molecule has 0 aliphatic carbocycles. The lowest BCUT2D eigenvalue weighted by Crippen LogP contribution is -2.35. The predicted octanol–water partition coefficient (Wildman–Crippen LogP) is -0.124. The molecule has 1 N–H and O–H groups in total. The van der Waals surface area contributed by atoms with Crippen molar-refractivity contribution in [2.45, 2.75) is 31.9 Å². The number of hydrogen-bond donors (Lipinski definition) is 1. The first-order chi connectivity index (χ1) is 6.98. The van der Waals surface area contributed by atoms with Crippen molar-refractivity contribution in [2.24, 2.45) is 5.92 Å². The van der Waals surface area contributed by atoms with Gasteiger partial charge >= 0.3 is 0 Å². The summed E-state index contributed by atoms with van der Waals surface area (Å²) in [6.07, 6.45) is 1.50. The van der Waals surface area contributed by atoms with Crippen molar-refractivity contribution in [1.29, 1.82) is 0 Å². The molecular weight excluding hydrogens is 214 g/mol. The van der Waals surface area contributed by atoms with Gasteiger partial charge < -0.3 is 5.11 Å². The molecule has 2 rings (SSSR count). The van der Waals surface area contributed by atoms with E-state index in [1.165, 1.54) is 0 Å². The molecule has 0 saturated carbocycles. The zero-order valence-electron chi connectivity index (χ0n) is 9.09. The van der Waals surface area contributed by atoms with Crippen LogP contribution in [0.4, 0.5) is 0 Å². The molecule has 0 spiro atoms. The molecular formula is C10H19NO3S. The SMILES string of the molecule is CC(O)C1CCN(C2CCS(=O)(=O)C2)C1. The van der Waals surface area contributed by atoms with Gasteiger partial charge in [0, 0.05) is 12.6 Å². The van der Waals surface area contributed by atoms with Crippen molar-refractivity contribution in [3.8, 4) is 0 Å². The zero-order valence-corrected chi connectivity index (χ0v) is 9.91. The standard InChI is InChI=1S/C10H19NO3S/c1-8(12)9-2-4-11(6-9)10-3-5-15(13,14)7-10/h8-10,12H,2-7H2,1H3. The Kier molecular flexibility index (Phi) is 3.05. The average Bonchev–Trinajstić information content (AvgIpc) is 2.70. The molecule has 0 bridgehead atoms. The Morgan fingerprint density at radius 2 is 2.13 bits per heavy atom. The maximum atomic E-state index is 11.3. The summed E-state index contributed by atoms with van der Waals surface area (Å²) < 4.78 is 22.7. The predicted molar refractivity (Wildman–Crippen MR) is 58.4 cm³/mol. The Labute approximate surface area is 91.2 Å². The topological polar surface area (TPSA) is 57.6 Å². The third-order valence-electron chi connectivity index (χ3n) is 3.66. The van der Waals surface area contributed by atoms with E-state index in [0.29, 0.717) is 17.4 Å². The van der Waals surface area contributed by atoms with E-state index >= 15 is 0 Å². The lowest BCUT2D eigenvalue weighted by Gasteiger charge is -2.23. The fraction of sp³-hybridized carbons (Fsp3) is 1.00. The summed E-state index contributed by atoms with van der Waals surface area (Å²) in [5.74, 6) is 0.987. The first-order valence-electron chi connectivity index (χ1n) is 5.60. The summed E-state index contributed by atoms with van der Waals surface area (Å²) in [6, 6.07) is 0.207.